The van der Waals surface area contributed by atoms with Gasteiger partial charge in [0.1, 0.15) is 5.82 Å². The van der Waals surface area contributed by atoms with Gasteiger partial charge in [0.2, 0.25) is 0 Å². The Morgan fingerprint density at radius 3 is 2.74 bits per heavy atom. The third kappa shape index (κ3) is 4.62. The van der Waals surface area contributed by atoms with Gasteiger partial charge in [0, 0.05) is 30.4 Å². The van der Waals surface area contributed by atoms with E-state index in [0.29, 0.717) is 24.8 Å². The molecule has 0 bridgehead atoms. The highest BCUT2D eigenvalue weighted by Crippen LogP contribution is 2.54. The number of rotatable bonds is 8. The van der Waals surface area contributed by atoms with E-state index in [9.17, 15) is 0 Å². The summed E-state index contributed by atoms with van der Waals surface area (Å²) in [5, 5.41) is 12.1. The molecule has 3 heterocycles. The highest BCUT2D eigenvalue weighted by atomic mass is 16.5. The fourth-order valence-corrected chi connectivity index (χ4v) is 4.65. The topological polar surface area (TPSA) is 68.1 Å². The van der Waals surface area contributed by atoms with Crippen LogP contribution < -0.4 is 5.32 Å². The Hall–Kier alpha value is -2.77. The zero-order valence-electron chi connectivity index (χ0n) is 18.3. The van der Waals surface area contributed by atoms with Gasteiger partial charge in [-0.1, -0.05) is 23.8 Å². The minimum atomic E-state index is 0.467. The van der Waals surface area contributed by atoms with Gasteiger partial charge in [-0.25, -0.2) is 4.98 Å². The number of ether oxygens (including phenoxy) is 1. The Bertz CT molecular complexity index is 1030. The zero-order valence-corrected chi connectivity index (χ0v) is 18.3. The zero-order chi connectivity index (χ0) is 21.3. The SMILES string of the molecule is Cc1ccc(-n2nccn2)c(COCN2CC3(CC3)C[C@H]2CNc2cccc(C)n2)c1. The molecule has 0 unspecified atom stereocenters. The lowest BCUT2D eigenvalue weighted by atomic mass is 10.0. The Labute approximate surface area is 183 Å². The molecule has 1 N–H and O–H groups in total. The lowest BCUT2D eigenvalue weighted by Crippen LogP contribution is -2.36. The molecular formula is C24H30N6O. The van der Waals surface area contributed by atoms with E-state index in [1.54, 1.807) is 17.2 Å². The second-order valence-corrected chi connectivity index (χ2v) is 9.08. The number of benzene rings is 1. The fourth-order valence-electron chi connectivity index (χ4n) is 4.65. The van der Waals surface area contributed by atoms with Crippen LogP contribution in [0.2, 0.25) is 0 Å². The number of hydrogen-bond acceptors (Lipinski definition) is 6. The van der Waals surface area contributed by atoms with Gasteiger partial charge >= 0.3 is 0 Å². The molecule has 2 aromatic heterocycles. The molecule has 1 saturated carbocycles. The van der Waals surface area contributed by atoms with Crippen molar-refractivity contribution in [3.63, 3.8) is 0 Å². The number of hydrogen-bond donors (Lipinski definition) is 1. The average molecular weight is 419 g/mol. The fraction of sp³-hybridized carbons (Fsp3) is 0.458. The number of aryl methyl sites for hydroxylation is 2. The minimum Gasteiger partial charge on any atom is -0.368 e. The van der Waals surface area contributed by atoms with Gasteiger partial charge < -0.3 is 10.1 Å². The largest absolute Gasteiger partial charge is 0.368 e. The number of likely N-dealkylation sites (tertiary alicyclic amines) is 1. The summed E-state index contributed by atoms with van der Waals surface area (Å²) < 4.78 is 6.23. The molecule has 0 radical (unpaired) electrons. The Morgan fingerprint density at radius 2 is 1.97 bits per heavy atom. The molecule has 162 valence electrons. The van der Waals surface area contributed by atoms with Crippen molar-refractivity contribution in [2.24, 2.45) is 5.41 Å². The lowest BCUT2D eigenvalue weighted by molar-refractivity contribution is 0.0125. The van der Waals surface area contributed by atoms with E-state index in [1.807, 2.05) is 19.1 Å². The summed E-state index contributed by atoms with van der Waals surface area (Å²) >= 11 is 0. The summed E-state index contributed by atoms with van der Waals surface area (Å²) in [6.45, 7) is 7.33. The van der Waals surface area contributed by atoms with Crippen LogP contribution in [-0.2, 0) is 11.3 Å². The van der Waals surface area contributed by atoms with E-state index >= 15 is 0 Å². The van der Waals surface area contributed by atoms with Gasteiger partial charge in [0.05, 0.1) is 31.4 Å². The van der Waals surface area contributed by atoms with Crippen molar-refractivity contribution in [1.82, 2.24) is 24.9 Å². The van der Waals surface area contributed by atoms with E-state index in [1.165, 1.54) is 24.8 Å². The summed E-state index contributed by atoms with van der Waals surface area (Å²) in [6.07, 6.45) is 7.32. The first-order valence-corrected chi connectivity index (χ1v) is 11.1. The molecule has 1 aromatic carbocycles. The predicted octanol–water partition coefficient (Wildman–Crippen LogP) is 3.72. The lowest BCUT2D eigenvalue weighted by Gasteiger charge is -2.25. The first-order valence-electron chi connectivity index (χ1n) is 11.1. The number of nitrogens with one attached hydrogen (secondary N) is 1. The maximum absolute atomic E-state index is 6.23. The minimum absolute atomic E-state index is 0.467. The summed E-state index contributed by atoms with van der Waals surface area (Å²) in [7, 11) is 0. The smallest absolute Gasteiger partial charge is 0.126 e. The first kappa shape index (κ1) is 20.2. The van der Waals surface area contributed by atoms with E-state index < -0.39 is 0 Å². The molecule has 31 heavy (non-hydrogen) atoms. The monoisotopic (exact) mass is 418 g/mol. The third-order valence-corrected chi connectivity index (χ3v) is 6.47. The number of anilines is 1. The van der Waals surface area contributed by atoms with Crippen LogP contribution >= 0.6 is 0 Å². The Morgan fingerprint density at radius 1 is 1.13 bits per heavy atom. The molecule has 5 rings (SSSR count). The van der Waals surface area contributed by atoms with Crippen LogP contribution in [-0.4, -0.2) is 50.7 Å². The quantitative estimate of drug-likeness (QED) is 0.601. The Kier molecular flexibility index (Phi) is 5.46. The van der Waals surface area contributed by atoms with E-state index in [-0.39, 0.29) is 0 Å². The second-order valence-electron chi connectivity index (χ2n) is 9.08. The average Bonchev–Trinajstić information content (AvgIpc) is 3.14. The van der Waals surface area contributed by atoms with Crippen LogP contribution in [0.3, 0.4) is 0 Å². The van der Waals surface area contributed by atoms with Crippen molar-refractivity contribution in [2.45, 2.75) is 45.8 Å². The van der Waals surface area contributed by atoms with Gasteiger partial charge in [0.25, 0.3) is 0 Å². The molecule has 1 saturated heterocycles. The molecule has 1 spiro atoms. The van der Waals surface area contributed by atoms with Crippen LogP contribution in [0.4, 0.5) is 5.82 Å². The summed E-state index contributed by atoms with van der Waals surface area (Å²) in [5.74, 6) is 0.953. The molecule has 2 fully saturated rings. The van der Waals surface area contributed by atoms with E-state index in [2.05, 4.69) is 56.6 Å². The van der Waals surface area contributed by atoms with Crippen molar-refractivity contribution in [3.05, 3.63) is 65.6 Å². The molecule has 1 aliphatic carbocycles. The highest BCUT2D eigenvalue weighted by molar-refractivity contribution is 5.41. The molecule has 7 nitrogen and oxygen atoms in total. The van der Waals surface area contributed by atoms with E-state index in [0.717, 1.165) is 35.9 Å². The summed E-state index contributed by atoms with van der Waals surface area (Å²) in [4.78, 5) is 8.74. The van der Waals surface area contributed by atoms with Crippen molar-refractivity contribution in [2.75, 3.05) is 25.1 Å². The molecule has 3 aromatic rings. The van der Waals surface area contributed by atoms with Crippen LogP contribution in [0.1, 0.15) is 36.1 Å². The van der Waals surface area contributed by atoms with Crippen LogP contribution in [0, 0.1) is 19.3 Å². The predicted molar refractivity (Wildman–Crippen MR) is 120 cm³/mol. The van der Waals surface area contributed by atoms with Crippen LogP contribution in [0.25, 0.3) is 5.69 Å². The van der Waals surface area contributed by atoms with Crippen molar-refractivity contribution >= 4 is 5.82 Å². The summed E-state index contributed by atoms with van der Waals surface area (Å²) in [6, 6.07) is 12.9. The van der Waals surface area contributed by atoms with Gasteiger partial charge in [-0.2, -0.15) is 15.0 Å². The van der Waals surface area contributed by atoms with Crippen molar-refractivity contribution in [1.29, 1.82) is 0 Å². The normalized spacial score (nSPS) is 19.7. The summed E-state index contributed by atoms with van der Waals surface area (Å²) in [5.41, 5.74) is 4.84. The molecule has 1 atom stereocenters. The molecule has 7 heteroatoms. The van der Waals surface area contributed by atoms with Crippen LogP contribution in [0.5, 0.6) is 0 Å². The molecule has 2 aliphatic rings. The number of nitrogens with zero attached hydrogens (tertiary/aromatic N) is 5. The van der Waals surface area contributed by atoms with E-state index in [4.69, 9.17) is 4.74 Å². The van der Waals surface area contributed by atoms with Crippen LogP contribution in [0.15, 0.2) is 48.8 Å². The first-order chi connectivity index (χ1) is 15.1. The third-order valence-electron chi connectivity index (χ3n) is 6.47. The standard InChI is InChI=1S/C24H30N6O/c1-18-6-7-22(30-26-10-11-27-30)20(12-18)15-31-17-29-16-24(8-9-24)13-21(29)14-25-23-5-3-4-19(2)28-23/h3-7,10-12,21H,8-9,13-17H2,1-2H3,(H,25,28)/t21-/m0/s1. The maximum atomic E-state index is 6.23. The van der Waals surface area contributed by atoms with Gasteiger partial charge in [-0.3, -0.25) is 4.90 Å². The highest BCUT2D eigenvalue weighted by Gasteiger charge is 2.51. The second kappa shape index (κ2) is 8.40. The van der Waals surface area contributed by atoms with Gasteiger partial charge in [-0.15, -0.1) is 0 Å². The van der Waals surface area contributed by atoms with Gasteiger partial charge in [0.15, 0.2) is 0 Å². The maximum Gasteiger partial charge on any atom is 0.126 e. The van der Waals surface area contributed by atoms with Crippen molar-refractivity contribution < 1.29 is 4.74 Å². The Balaban J connectivity index is 1.22. The molecule has 1 aliphatic heterocycles. The molecular weight excluding hydrogens is 388 g/mol. The number of pyridine rings is 1. The van der Waals surface area contributed by atoms with Crippen molar-refractivity contribution in [3.8, 4) is 5.69 Å². The molecule has 0 amide bonds. The number of aromatic nitrogens is 4. The van der Waals surface area contributed by atoms with Gasteiger partial charge in [-0.05, 0) is 56.7 Å².